The largest absolute Gasteiger partial charge is 0.495 e. The quantitative estimate of drug-likeness (QED) is 0.421. The highest BCUT2D eigenvalue weighted by atomic mass is 16.7. The Morgan fingerprint density at radius 3 is 2.29 bits per heavy atom. The van der Waals surface area contributed by atoms with Crippen molar-refractivity contribution in [3.63, 3.8) is 0 Å². The third-order valence-electron chi connectivity index (χ3n) is 5.39. The van der Waals surface area contributed by atoms with Gasteiger partial charge in [0.05, 0.1) is 23.9 Å². The van der Waals surface area contributed by atoms with E-state index in [1.165, 1.54) is 18.2 Å². The number of esters is 1. The summed E-state index contributed by atoms with van der Waals surface area (Å²) < 4.78 is 22.2. The first-order valence-electron chi connectivity index (χ1n) is 9.44. The number of carboxylic acids is 1. The van der Waals surface area contributed by atoms with Crippen LogP contribution in [0.15, 0.2) is 30.3 Å². The van der Waals surface area contributed by atoms with Gasteiger partial charge in [0.1, 0.15) is 12.0 Å². The molecule has 162 valence electrons. The van der Waals surface area contributed by atoms with E-state index in [1.807, 2.05) is 27.7 Å². The van der Waals surface area contributed by atoms with Gasteiger partial charge in [-0.1, -0.05) is 6.07 Å². The molecule has 1 saturated heterocycles. The van der Waals surface area contributed by atoms with Crippen molar-refractivity contribution in [3.05, 3.63) is 47.2 Å². The summed E-state index contributed by atoms with van der Waals surface area (Å²) in [5.41, 5.74) is -0.988. The zero-order valence-electron chi connectivity index (χ0n) is 17.8. The minimum atomic E-state index is -1.32. The molecule has 0 amide bonds. The highest BCUT2D eigenvalue weighted by molar-refractivity contribution is 6.63. The number of ether oxygens (including phenoxy) is 2. The summed E-state index contributed by atoms with van der Waals surface area (Å²) >= 11 is 0. The van der Waals surface area contributed by atoms with Crippen molar-refractivity contribution in [2.75, 3.05) is 7.11 Å². The number of rotatable bonds is 6. The minimum Gasteiger partial charge on any atom is -0.478 e. The van der Waals surface area contributed by atoms with Crippen molar-refractivity contribution in [2.24, 2.45) is 0 Å². The molecular weight excluding hydrogens is 405 g/mol. The highest BCUT2D eigenvalue weighted by Crippen LogP contribution is 2.37. The number of aromatic carboxylic acids is 1. The third kappa shape index (κ3) is 4.30. The molecule has 0 spiro atoms. The van der Waals surface area contributed by atoms with E-state index < -0.39 is 36.0 Å². The lowest BCUT2D eigenvalue weighted by atomic mass is 9.76. The zero-order chi connectivity index (χ0) is 23.0. The number of carbonyl (C=O) groups excluding carboxylic acids is 2. The van der Waals surface area contributed by atoms with Crippen LogP contribution in [0.5, 0.6) is 11.6 Å². The SMILES string of the molecule is COC(=O)c1nc(Oc2ccc(B3OC(C)(C)C(C)(C)O3)c(C=O)c2)ccc1C(=O)O. The Morgan fingerprint density at radius 1 is 1.10 bits per heavy atom. The van der Waals surface area contributed by atoms with Crippen LogP contribution in [-0.2, 0) is 14.0 Å². The number of methoxy groups -OCH3 is 1. The molecule has 0 aliphatic carbocycles. The fourth-order valence-electron chi connectivity index (χ4n) is 2.95. The Labute approximate surface area is 179 Å². The molecule has 0 unspecified atom stereocenters. The summed E-state index contributed by atoms with van der Waals surface area (Å²) in [7, 11) is 0.395. The molecule has 1 aromatic carbocycles. The molecule has 1 aliphatic rings. The Hall–Kier alpha value is -3.24. The second kappa shape index (κ2) is 8.12. The van der Waals surface area contributed by atoms with Crippen molar-refractivity contribution in [2.45, 2.75) is 38.9 Å². The molecule has 3 rings (SSSR count). The van der Waals surface area contributed by atoms with Crippen LogP contribution >= 0.6 is 0 Å². The fourth-order valence-corrected chi connectivity index (χ4v) is 2.95. The van der Waals surface area contributed by atoms with Crippen LogP contribution in [0.3, 0.4) is 0 Å². The van der Waals surface area contributed by atoms with E-state index in [9.17, 15) is 19.5 Å². The molecule has 1 fully saturated rings. The molecule has 31 heavy (non-hydrogen) atoms. The normalized spacial score (nSPS) is 16.6. The summed E-state index contributed by atoms with van der Waals surface area (Å²) in [6.45, 7) is 7.65. The highest BCUT2D eigenvalue weighted by Gasteiger charge is 2.52. The van der Waals surface area contributed by atoms with Gasteiger partial charge in [-0.3, -0.25) is 4.79 Å². The van der Waals surface area contributed by atoms with Gasteiger partial charge in [0, 0.05) is 11.6 Å². The van der Waals surface area contributed by atoms with Crippen molar-refractivity contribution in [1.29, 1.82) is 0 Å². The number of hydrogen-bond donors (Lipinski definition) is 1. The van der Waals surface area contributed by atoms with Crippen LogP contribution in [0.25, 0.3) is 0 Å². The summed E-state index contributed by atoms with van der Waals surface area (Å²) in [6.07, 6.45) is 0.661. The lowest BCUT2D eigenvalue weighted by Crippen LogP contribution is -2.41. The maximum atomic E-state index is 11.9. The molecule has 10 heteroatoms. The van der Waals surface area contributed by atoms with E-state index in [1.54, 1.807) is 12.1 Å². The number of aromatic nitrogens is 1. The van der Waals surface area contributed by atoms with Crippen LogP contribution in [0.4, 0.5) is 0 Å². The zero-order valence-corrected chi connectivity index (χ0v) is 17.8. The second-order valence-corrected chi connectivity index (χ2v) is 7.94. The summed E-state index contributed by atoms with van der Waals surface area (Å²) in [4.78, 5) is 38.8. The average Bonchev–Trinajstić information content (AvgIpc) is 2.93. The van der Waals surface area contributed by atoms with Crippen LogP contribution < -0.4 is 10.2 Å². The number of carboxylic acid groups (broad SMARTS) is 1. The van der Waals surface area contributed by atoms with E-state index in [2.05, 4.69) is 9.72 Å². The van der Waals surface area contributed by atoms with Crippen LogP contribution in [0, 0.1) is 0 Å². The first-order valence-corrected chi connectivity index (χ1v) is 9.44. The van der Waals surface area contributed by atoms with E-state index in [0.717, 1.165) is 7.11 Å². The minimum absolute atomic E-state index is 0.0365. The molecule has 0 atom stereocenters. The van der Waals surface area contributed by atoms with Gasteiger partial charge in [-0.15, -0.1) is 0 Å². The van der Waals surface area contributed by atoms with E-state index in [4.69, 9.17) is 14.0 Å². The average molecular weight is 427 g/mol. The van der Waals surface area contributed by atoms with Crippen molar-refractivity contribution in [3.8, 4) is 11.6 Å². The molecule has 0 saturated carbocycles. The Balaban J connectivity index is 1.90. The number of nitrogens with zero attached hydrogens (tertiary/aromatic N) is 1. The molecule has 1 aromatic heterocycles. The molecule has 1 N–H and O–H groups in total. The monoisotopic (exact) mass is 427 g/mol. The molecule has 9 nitrogen and oxygen atoms in total. The van der Waals surface area contributed by atoms with Gasteiger partial charge in [-0.2, -0.15) is 0 Å². The number of hydrogen-bond acceptors (Lipinski definition) is 8. The smallest absolute Gasteiger partial charge is 0.478 e. The molecule has 2 heterocycles. The first kappa shape index (κ1) is 22.5. The van der Waals surface area contributed by atoms with Gasteiger partial charge >= 0.3 is 19.1 Å². The maximum absolute atomic E-state index is 11.9. The third-order valence-corrected chi connectivity index (χ3v) is 5.39. The van der Waals surface area contributed by atoms with Gasteiger partial charge in [0.15, 0.2) is 5.69 Å². The molecule has 0 radical (unpaired) electrons. The molecule has 2 aromatic rings. The predicted molar refractivity (Wildman–Crippen MR) is 110 cm³/mol. The van der Waals surface area contributed by atoms with Crippen LogP contribution in [0.2, 0.25) is 0 Å². The fraction of sp³-hybridized carbons (Fsp3) is 0.333. The van der Waals surface area contributed by atoms with Crippen molar-refractivity contribution in [1.82, 2.24) is 4.98 Å². The lowest BCUT2D eigenvalue weighted by Gasteiger charge is -2.32. The van der Waals surface area contributed by atoms with Crippen LogP contribution in [0.1, 0.15) is 58.9 Å². The Bertz CT molecular complexity index is 1030. The van der Waals surface area contributed by atoms with E-state index >= 15 is 0 Å². The first-order chi connectivity index (χ1) is 14.5. The molecule has 1 aliphatic heterocycles. The van der Waals surface area contributed by atoms with E-state index in [-0.39, 0.29) is 17.2 Å². The van der Waals surface area contributed by atoms with Gasteiger partial charge in [-0.05, 0) is 51.4 Å². The summed E-state index contributed by atoms with van der Waals surface area (Å²) in [6, 6.07) is 7.22. The van der Waals surface area contributed by atoms with Gasteiger partial charge < -0.3 is 23.9 Å². The molecule has 0 bridgehead atoms. The Morgan fingerprint density at radius 2 is 1.74 bits per heavy atom. The van der Waals surface area contributed by atoms with Gasteiger partial charge in [-0.25, -0.2) is 14.6 Å². The number of pyridine rings is 1. The van der Waals surface area contributed by atoms with Crippen LogP contribution in [-0.4, -0.2) is 53.7 Å². The number of aldehydes is 1. The summed E-state index contributed by atoms with van der Waals surface area (Å²) in [5, 5.41) is 9.22. The topological polar surface area (TPSA) is 121 Å². The van der Waals surface area contributed by atoms with Gasteiger partial charge in [0.2, 0.25) is 5.88 Å². The molecular formula is C21H22BNO8. The standard InChI is InChI=1S/C21H22BNO8/c1-20(2)21(3,4)31-22(30-20)15-8-6-13(10-12(15)11-24)29-16-9-7-14(18(25)26)17(23-16)19(27)28-5/h6-11H,1-5H3,(H,25,26). The van der Waals surface area contributed by atoms with Gasteiger partial charge in [0.25, 0.3) is 0 Å². The van der Waals surface area contributed by atoms with Crippen molar-refractivity contribution >= 4 is 30.8 Å². The predicted octanol–water partition coefficient (Wildman–Crippen LogP) is 2.47. The van der Waals surface area contributed by atoms with E-state index in [0.29, 0.717) is 17.3 Å². The lowest BCUT2D eigenvalue weighted by molar-refractivity contribution is 0.00578. The second-order valence-electron chi connectivity index (χ2n) is 7.94. The van der Waals surface area contributed by atoms with Crippen molar-refractivity contribution < 1.29 is 38.3 Å². The maximum Gasteiger partial charge on any atom is 0.495 e. The number of carbonyl (C=O) groups is 3. The summed E-state index contributed by atoms with van der Waals surface area (Å²) in [5.74, 6) is -2.01. The Kier molecular flexibility index (Phi) is 5.88. The number of benzene rings is 1.